The molecule has 0 bridgehead atoms. The third-order valence-corrected chi connectivity index (χ3v) is 3.76. The number of aromatic nitrogens is 2. The first kappa shape index (κ1) is 14.1. The van der Waals surface area contributed by atoms with Crippen molar-refractivity contribution in [3.63, 3.8) is 0 Å². The molecule has 3 aromatic rings. The fourth-order valence-corrected chi connectivity index (χ4v) is 2.66. The fourth-order valence-electron chi connectivity index (χ4n) is 2.03. The second-order valence-corrected chi connectivity index (χ2v) is 5.69. The van der Waals surface area contributed by atoms with E-state index in [2.05, 4.69) is 10.2 Å². The predicted molar refractivity (Wildman–Crippen MR) is 84.7 cm³/mol. The highest BCUT2D eigenvalue weighted by molar-refractivity contribution is 6.33. The minimum absolute atomic E-state index is 0.381. The van der Waals surface area contributed by atoms with Gasteiger partial charge in [0.05, 0.1) is 21.2 Å². The molecule has 106 valence electrons. The van der Waals surface area contributed by atoms with Crippen molar-refractivity contribution >= 4 is 23.2 Å². The molecule has 0 unspecified atom stereocenters. The van der Waals surface area contributed by atoms with Gasteiger partial charge in [-0.25, -0.2) is 0 Å². The molecule has 0 aliphatic heterocycles. The summed E-state index contributed by atoms with van der Waals surface area (Å²) in [4.78, 5) is 0. The van der Waals surface area contributed by atoms with E-state index < -0.39 is 0 Å². The van der Waals surface area contributed by atoms with Gasteiger partial charge < -0.3 is 4.42 Å². The van der Waals surface area contributed by atoms with Crippen molar-refractivity contribution in [3.8, 4) is 22.9 Å². The first-order valence-corrected chi connectivity index (χ1v) is 7.17. The molecule has 2 aromatic carbocycles. The summed E-state index contributed by atoms with van der Waals surface area (Å²) in [7, 11) is 0. The van der Waals surface area contributed by atoms with E-state index in [1.54, 1.807) is 0 Å². The van der Waals surface area contributed by atoms with Gasteiger partial charge in [0, 0.05) is 0 Å². The Hall–Kier alpha value is -1.84. The lowest BCUT2D eigenvalue weighted by molar-refractivity contribution is 0.584. The Morgan fingerprint density at radius 2 is 1.19 bits per heavy atom. The van der Waals surface area contributed by atoms with Crippen LogP contribution in [-0.2, 0) is 0 Å². The summed E-state index contributed by atoms with van der Waals surface area (Å²) in [5.74, 6) is 0.762. The van der Waals surface area contributed by atoms with Crippen LogP contribution in [0.1, 0.15) is 11.1 Å². The molecular formula is C16H12Cl2N2O. The van der Waals surface area contributed by atoms with Crippen molar-refractivity contribution in [1.29, 1.82) is 0 Å². The molecule has 0 aliphatic rings. The highest BCUT2D eigenvalue weighted by atomic mass is 35.5. The van der Waals surface area contributed by atoms with Crippen LogP contribution < -0.4 is 0 Å². The van der Waals surface area contributed by atoms with E-state index >= 15 is 0 Å². The minimum atomic E-state index is 0.381. The molecule has 1 aromatic heterocycles. The van der Waals surface area contributed by atoms with Gasteiger partial charge in [0.2, 0.25) is 11.8 Å². The monoisotopic (exact) mass is 318 g/mol. The van der Waals surface area contributed by atoms with Crippen LogP contribution in [0.4, 0.5) is 0 Å². The predicted octanol–water partition coefficient (Wildman–Crippen LogP) is 5.33. The molecule has 1 heterocycles. The van der Waals surface area contributed by atoms with E-state index in [4.69, 9.17) is 27.6 Å². The summed E-state index contributed by atoms with van der Waals surface area (Å²) in [6.07, 6.45) is 0. The molecule has 0 aliphatic carbocycles. The van der Waals surface area contributed by atoms with Crippen LogP contribution in [0, 0.1) is 13.8 Å². The minimum Gasteiger partial charge on any atom is -0.416 e. The highest BCUT2D eigenvalue weighted by Crippen LogP contribution is 2.32. The number of benzene rings is 2. The number of rotatable bonds is 2. The molecule has 0 spiro atoms. The lowest BCUT2D eigenvalue weighted by Gasteiger charge is -2.01. The van der Waals surface area contributed by atoms with Crippen LogP contribution in [-0.4, -0.2) is 10.2 Å². The van der Waals surface area contributed by atoms with Crippen molar-refractivity contribution in [3.05, 3.63) is 57.6 Å². The summed E-state index contributed by atoms with van der Waals surface area (Å²) in [6, 6.07) is 11.4. The van der Waals surface area contributed by atoms with Gasteiger partial charge in [-0.3, -0.25) is 0 Å². The molecule has 0 radical (unpaired) electrons. The Morgan fingerprint density at radius 3 is 1.57 bits per heavy atom. The number of hydrogen-bond donors (Lipinski definition) is 0. The molecule has 3 nitrogen and oxygen atoms in total. The third-order valence-electron chi connectivity index (χ3n) is 3.13. The molecular weight excluding hydrogens is 307 g/mol. The Bertz CT molecular complexity index is 746. The van der Waals surface area contributed by atoms with E-state index in [9.17, 15) is 0 Å². The van der Waals surface area contributed by atoms with Crippen LogP contribution >= 0.6 is 23.2 Å². The maximum Gasteiger partial charge on any atom is 0.249 e. The second-order valence-electron chi connectivity index (χ2n) is 4.88. The molecule has 5 heteroatoms. The lowest BCUT2D eigenvalue weighted by Crippen LogP contribution is -1.81. The largest absolute Gasteiger partial charge is 0.416 e. The Morgan fingerprint density at radius 1 is 0.762 bits per heavy atom. The number of nitrogens with zero attached hydrogens (tertiary/aromatic N) is 2. The normalized spacial score (nSPS) is 10.9. The van der Waals surface area contributed by atoms with E-state index in [0.29, 0.717) is 33.0 Å². The summed E-state index contributed by atoms with van der Waals surface area (Å²) >= 11 is 12.4. The lowest BCUT2D eigenvalue weighted by atomic mass is 10.1. The first-order chi connectivity index (χ1) is 10.0. The maximum atomic E-state index is 6.22. The van der Waals surface area contributed by atoms with E-state index in [1.807, 2.05) is 50.2 Å². The molecule has 0 saturated heterocycles. The maximum absolute atomic E-state index is 6.22. The molecule has 0 N–H and O–H groups in total. The van der Waals surface area contributed by atoms with E-state index in [0.717, 1.165) is 11.1 Å². The topological polar surface area (TPSA) is 38.9 Å². The van der Waals surface area contributed by atoms with Crippen molar-refractivity contribution < 1.29 is 4.42 Å². The van der Waals surface area contributed by atoms with Crippen molar-refractivity contribution in [1.82, 2.24) is 10.2 Å². The zero-order valence-corrected chi connectivity index (χ0v) is 13.0. The molecule has 3 rings (SSSR count). The summed E-state index contributed by atoms with van der Waals surface area (Å²) in [5, 5.41) is 9.28. The van der Waals surface area contributed by atoms with E-state index in [-0.39, 0.29) is 0 Å². The quantitative estimate of drug-likeness (QED) is 0.641. The molecule has 0 amide bonds. The zero-order chi connectivity index (χ0) is 15.0. The highest BCUT2D eigenvalue weighted by Gasteiger charge is 2.15. The Kier molecular flexibility index (Phi) is 3.70. The average molecular weight is 319 g/mol. The van der Waals surface area contributed by atoms with Crippen LogP contribution in [0.5, 0.6) is 0 Å². The van der Waals surface area contributed by atoms with Gasteiger partial charge in [-0.15, -0.1) is 10.2 Å². The molecule has 0 atom stereocenters. The number of aryl methyl sites for hydroxylation is 2. The average Bonchev–Trinajstić information content (AvgIpc) is 2.87. The Labute approximate surface area is 132 Å². The van der Waals surface area contributed by atoms with Crippen LogP contribution in [0.3, 0.4) is 0 Å². The Balaban J connectivity index is 2.03. The fraction of sp³-hybridized carbons (Fsp3) is 0.125. The van der Waals surface area contributed by atoms with Gasteiger partial charge in [0.25, 0.3) is 0 Å². The third kappa shape index (κ3) is 2.80. The van der Waals surface area contributed by atoms with Gasteiger partial charge in [-0.2, -0.15) is 0 Å². The van der Waals surface area contributed by atoms with Crippen LogP contribution in [0.15, 0.2) is 40.8 Å². The van der Waals surface area contributed by atoms with Gasteiger partial charge in [0.1, 0.15) is 0 Å². The summed E-state index contributed by atoms with van der Waals surface area (Å²) in [5.41, 5.74) is 3.57. The van der Waals surface area contributed by atoms with Crippen molar-refractivity contribution in [2.45, 2.75) is 13.8 Å². The smallest absolute Gasteiger partial charge is 0.249 e. The van der Waals surface area contributed by atoms with Gasteiger partial charge >= 0.3 is 0 Å². The van der Waals surface area contributed by atoms with Gasteiger partial charge in [-0.05, 0) is 49.2 Å². The van der Waals surface area contributed by atoms with Crippen LogP contribution in [0.2, 0.25) is 10.0 Å². The summed E-state index contributed by atoms with van der Waals surface area (Å²) < 4.78 is 5.71. The van der Waals surface area contributed by atoms with Gasteiger partial charge in [-0.1, -0.05) is 35.3 Å². The second kappa shape index (κ2) is 5.51. The molecule has 21 heavy (non-hydrogen) atoms. The van der Waals surface area contributed by atoms with Crippen molar-refractivity contribution in [2.75, 3.05) is 0 Å². The first-order valence-electron chi connectivity index (χ1n) is 6.41. The standard InChI is InChI=1S/C16H12Cl2N2O/c1-9-3-5-11(13(17)7-9)15-19-20-16(21-15)12-6-4-10(2)8-14(12)18/h3-8H,1-2H3. The van der Waals surface area contributed by atoms with Crippen molar-refractivity contribution in [2.24, 2.45) is 0 Å². The number of hydrogen-bond acceptors (Lipinski definition) is 3. The molecule has 0 fully saturated rings. The van der Waals surface area contributed by atoms with E-state index in [1.165, 1.54) is 0 Å². The van der Waals surface area contributed by atoms with Gasteiger partial charge in [0.15, 0.2) is 0 Å². The summed E-state index contributed by atoms with van der Waals surface area (Å²) in [6.45, 7) is 3.95. The van der Waals surface area contributed by atoms with Crippen LogP contribution in [0.25, 0.3) is 22.9 Å². The SMILES string of the molecule is Cc1ccc(-c2nnc(-c3ccc(C)cc3Cl)o2)c(Cl)c1. The molecule has 0 saturated carbocycles. The number of halogens is 2. The zero-order valence-electron chi connectivity index (χ0n) is 11.5.